The molecule has 14 nitrogen and oxygen atoms in total. The largest absolute Gasteiger partial charge is 0.450 e. The molecule has 3 atom stereocenters. The van der Waals surface area contributed by atoms with E-state index in [2.05, 4.69) is 31.4 Å². The highest BCUT2D eigenvalue weighted by Gasteiger charge is 2.60. The zero-order valence-corrected chi connectivity index (χ0v) is 26.9. The minimum absolute atomic E-state index is 0.0913. The second-order valence-electron chi connectivity index (χ2n) is 13.2. The van der Waals surface area contributed by atoms with Gasteiger partial charge in [-0.25, -0.2) is 4.79 Å². The second kappa shape index (κ2) is 11.5. The Morgan fingerprint density at radius 2 is 1.77 bits per heavy atom. The number of ether oxygens (including phenoxy) is 1. The third kappa shape index (κ3) is 5.58. The molecule has 5 fully saturated rings. The molecule has 4 aliphatic carbocycles. The maximum atomic E-state index is 13.5. The van der Waals surface area contributed by atoms with Crippen LogP contribution in [-0.2, 0) is 19.9 Å². The van der Waals surface area contributed by atoms with Crippen LogP contribution in [0, 0.1) is 34.3 Å². The number of piperazine rings is 1. The number of amides is 3. The fraction of sp³-hybridized carbons (Fsp3) is 0.690. The fourth-order valence-corrected chi connectivity index (χ4v) is 9.04. The molecule has 0 spiro atoms. The Morgan fingerprint density at radius 3 is 2.39 bits per heavy atom. The van der Waals surface area contributed by atoms with Gasteiger partial charge in [0.2, 0.25) is 11.8 Å². The van der Waals surface area contributed by atoms with Crippen molar-refractivity contribution in [3.63, 3.8) is 0 Å². The van der Waals surface area contributed by atoms with Crippen molar-refractivity contribution < 1.29 is 24.0 Å². The van der Waals surface area contributed by atoms with Gasteiger partial charge in [-0.05, 0) is 97.4 Å². The molecule has 2 aromatic heterocycles. The molecule has 0 aromatic carbocycles. The van der Waals surface area contributed by atoms with Crippen molar-refractivity contribution in [2.24, 2.45) is 17.3 Å². The van der Waals surface area contributed by atoms with E-state index in [0.29, 0.717) is 66.9 Å². The number of carbonyl (C=O) groups excluding carboxylic acids is 3. The Kier molecular flexibility index (Phi) is 7.95. The summed E-state index contributed by atoms with van der Waals surface area (Å²) in [6, 6.07) is -0.575. The van der Waals surface area contributed by atoms with Gasteiger partial charge in [0.25, 0.3) is 0 Å². The number of carbonyl (C=O) groups is 3. The SMILES string of the molecule is CCOC(=O)N1CCN(C(=O)C(C)n2cc(NC(=O)CC34CC5CC(C3)CC(n3cc(Br)c([N+](=O)[O-])n3)(C5)C4)c(C)n2)CC1. The van der Waals surface area contributed by atoms with Gasteiger partial charge in [-0.1, -0.05) is 0 Å². The van der Waals surface area contributed by atoms with Gasteiger partial charge in [-0.2, -0.15) is 9.78 Å². The highest BCUT2D eigenvalue weighted by Crippen LogP contribution is 2.65. The number of nitro groups is 1. The van der Waals surface area contributed by atoms with Gasteiger partial charge < -0.3 is 30.0 Å². The minimum atomic E-state index is -0.575. The van der Waals surface area contributed by atoms with E-state index in [4.69, 9.17) is 4.74 Å². The van der Waals surface area contributed by atoms with E-state index in [1.54, 1.807) is 40.7 Å². The summed E-state index contributed by atoms with van der Waals surface area (Å²) in [4.78, 5) is 53.2. The van der Waals surface area contributed by atoms with Crippen LogP contribution in [0.5, 0.6) is 0 Å². The van der Waals surface area contributed by atoms with Gasteiger partial charge in [-0.3, -0.25) is 14.3 Å². The maximum absolute atomic E-state index is 13.5. The van der Waals surface area contributed by atoms with E-state index in [9.17, 15) is 24.5 Å². The lowest BCUT2D eigenvalue weighted by atomic mass is 9.46. The van der Waals surface area contributed by atoms with Gasteiger partial charge in [0.05, 0.1) is 34.8 Å². The summed E-state index contributed by atoms with van der Waals surface area (Å²) in [6.45, 7) is 7.33. The van der Waals surface area contributed by atoms with Crippen molar-refractivity contribution in [2.75, 3.05) is 38.1 Å². The van der Waals surface area contributed by atoms with E-state index in [-0.39, 0.29) is 34.7 Å². The molecule has 5 aliphatic rings. The van der Waals surface area contributed by atoms with Gasteiger partial charge in [0, 0.05) is 38.8 Å². The fourth-order valence-electron chi connectivity index (χ4n) is 8.63. The van der Waals surface area contributed by atoms with Crippen LogP contribution in [0.4, 0.5) is 16.3 Å². The van der Waals surface area contributed by atoms with Crippen molar-refractivity contribution in [1.29, 1.82) is 0 Å². The average molecular weight is 676 g/mol. The van der Waals surface area contributed by atoms with Crippen LogP contribution >= 0.6 is 15.9 Å². The first-order valence-electron chi connectivity index (χ1n) is 15.4. The van der Waals surface area contributed by atoms with Crippen LogP contribution < -0.4 is 5.32 Å². The third-order valence-electron chi connectivity index (χ3n) is 10.1. The van der Waals surface area contributed by atoms with Crippen LogP contribution in [0.3, 0.4) is 0 Å². The smallest absolute Gasteiger partial charge is 0.409 e. The third-order valence-corrected chi connectivity index (χ3v) is 10.6. The molecule has 4 saturated carbocycles. The van der Waals surface area contributed by atoms with Crippen molar-refractivity contribution in [1.82, 2.24) is 29.4 Å². The maximum Gasteiger partial charge on any atom is 0.409 e. The quantitative estimate of drug-likeness (QED) is 0.322. The number of hydrogen-bond donors (Lipinski definition) is 1. The Balaban J connectivity index is 1.10. The van der Waals surface area contributed by atoms with E-state index >= 15 is 0 Å². The molecule has 3 amide bonds. The van der Waals surface area contributed by atoms with Crippen LogP contribution in [0.15, 0.2) is 16.9 Å². The van der Waals surface area contributed by atoms with E-state index in [1.165, 1.54) is 0 Å². The number of hydrogen-bond acceptors (Lipinski definition) is 8. The topological polar surface area (TPSA) is 158 Å². The molecule has 4 bridgehead atoms. The molecular weight excluding hydrogens is 636 g/mol. The van der Waals surface area contributed by atoms with E-state index in [1.807, 2.05) is 11.6 Å². The Labute approximate surface area is 263 Å². The molecule has 44 heavy (non-hydrogen) atoms. The molecule has 1 N–H and O–H groups in total. The Hall–Kier alpha value is -3.49. The predicted molar refractivity (Wildman–Crippen MR) is 162 cm³/mol. The van der Waals surface area contributed by atoms with Gasteiger partial charge in [0.15, 0.2) is 0 Å². The molecule has 7 rings (SSSR count). The Bertz CT molecular complexity index is 1470. The minimum Gasteiger partial charge on any atom is -0.450 e. The van der Waals surface area contributed by atoms with Crippen molar-refractivity contribution in [3.8, 4) is 0 Å². The average Bonchev–Trinajstić information content (AvgIpc) is 3.54. The monoisotopic (exact) mass is 674 g/mol. The molecule has 0 radical (unpaired) electrons. The molecule has 2 aromatic rings. The van der Waals surface area contributed by atoms with Crippen LogP contribution in [0.2, 0.25) is 0 Å². The molecular formula is C29H39BrN8O6. The first-order chi connectivity index (χ1) is 20.9. The zero-order valence-electron chi connectivity index (χ0n) is 25.3. The van der Waals surface area contributed by atoms with E-state index < -0.39 is 11.0 Å². The highest BCUT2D eigenvalue weighted by molar-refractivity contribution is 9.10. The summed E-state index contributed by atoms with van der Waals surface area (Å²) in [5.41, 5.74) is 0.688. The number of nitrogens with zero attached hydrogens (tertiary/aromatic N) is 7. The summed E-state index contributed by atoms with van der Waals surface area (Å²) in [5, 5.41) is 23.5. The summed E-state index contributed by atoms with van der Waals surface area (Å²) in [7, 11) is 0. The second-order valence-corrected chi connectivity index (χ2v) is 14.1. The normalized spacial score (nSPS) is 28.2. The molecule has 1 aliphatic heterocycles. The number of rotatable bonds is 8. The van der Waals surface area contributed by atoms with Crippen molar-refractivity contribution in [2.45, 2.75) is 77.3 Å². The van der Waals surface area contributed by atoms with Gasteiger partial charge >= 0.3 is 11.9 Å². The Morgan fingerprint density at radius 1 is 1.11 bits per heavy atom. The number of halogens is 1. The predicted octanol–water partition coefficient (Wildman–Crippen LogP) is 4.24. The number of aromatic nitrogens is 4. The van der Waals surface area contributed by atoms with Crippen LogP contribution in [0.1, 0.15) is 70.5 Å². The summed E-state index contributed by atoms with van der Waals surface area (Å²) in [6.07, 6.45) is 9.12. The first-order valence-corrected chi connectivity index (χ1v) is 16.2. The standard InChI is InChI=1S/C29H39BrN8O6/c1-4-44-27(41)35-7-5-34(6-8-35)26(40)19(3)36-16-23(18(2)32-36)31-24(39)14-28-10-20-9-21(11-28)13-29(12-20,17-28)37-15-22(30)25(33-37)38(42)43/h15-16,19-21H,4-14,17H2,1-3H3,(H,31,39). The first kappa shape index (κ1) is 30.5. The summed E-state index contributed by atoms with van der Waals surface area (Å²) < 4.78 is 8.84. The van der Waals surface area contributed by atoms with Gasteiger partial charge in [-0.15, -0.1) is 0 Å². The van der Waals surface area contributed by atoms with Crippen molar-refractivity contribution in [3.05, 3.63) is 32.7 Å². The number of anilines is 1. The number of aryl methyl sites for hydroxylation is 1. The van der Waals surface area contributed by atoms with E-state index in [0.717, 1.165) is 38.5 Å². The number of nitrogens with one attached hydrogen (secondary N) is 1. The zero-order chi connectivity index (χ0) is 31.4. The molecule has 3 heterocycles. The van der Waals surface area contributed by atoms with Crippen LogP contribution in [0.25, 0.3) is 0 Å². The lowest BCUT2D eigenvalue weighted by Gasteiger charge is -2.61. The summed E-state index contributed by atoms with van der Waals surface area (Å²) >= 11 is 3.31. The lowest BCUT2D eigenvalue weighted by Crippen LogP contribution is -2.57. The lowest BCUT2D eigenvalue weighted by molar-refractivity contribution is -0.390. The van der Waals surface area contributed by atoms with Crippen LogP contribution in [-0.4, -0.2) is 85.0 Å². The van der Waals surface area contributed by atoms with Crippen molar-refractivity contribution >= 4 is 45.3 Å². The molecule has 1 saturated heterocycles. The molecule has 3 unspecified atom stereocenters. The molecule has 238 valence electrons. The summed E-state index contributed by atoms with van der Waals surface area (Å²) in [5.74, 6) is 0.555. The highest BCUT2D eigenvalue weighted by atomic mass is 79.9. The van der Waals surface area contributed by atoms with Gasteiger partial charge in [0.1, 0.15) is 10.5 Å². The molecule has 15 heteroatoms.